The van der Waals surface area contributed by atoms with Crippen LogP contribution in [-0.4, -0.2) is 73.5 Å². The molecule has 1 saturated heterocycles. The van der Waals surface area contributed by atoms with Crippen molar-refractivity contribution in [3.8, 4) is 5.75 Å². The van der Waals surface area contributed by atoms with E-state index in [1.54, 1.807) is 75.2 Å². The van der Waals surface area contributed by atoms with E-state index in [9.17, 15) is 18.0 Å². The standard InChI is InChI=1S/C34H37ClN4O6S/c1-34(2,3)44-33(41)38(4)29(32(40)39-20-19-36-22-30(39)27-11-7-8-12-28(27)35)21-23-13-15-25(16-14-23)45-46(42,43)31-26-10-6-5-9-24(26)17-18-37-31/h5-18,29-30,36H,19-22H2,1-4H3/t29-,30?/m0/s1. The van der Waals surface area contributed by atoms with Crippen LogP contribution in [0.1, 0.15) is 37.9 Å². The SMILES string of the molecule is CN(C(=O)OC(C)(C)C)[C@@H](Cc1ccc(OS(=O)(=O)c2nccc3ccccc23)cc1)C(=O)N1CCNCC1c1ccccc1Cl. The van der Waals surface area contributed by atoms with E-state index in [2.05, 4.69) is 10.3 Å². The molecule has 242 valence electrons. The minimum Gasteiger partial charge on any atom is -0.444 e. The van der Waals surface area contributed by atoms with Crippen molar-refractivity contribution in [1.29, 1.82) is 0 Å². The zero-order valence-corrected chi connectivity index (χ0v) is 27.7. The Balaban J connectivity index is 1.40. The highest BCUT2D eigenvalue weighted by atomic mass is 35.5. The van der Waals surface area contributed by atoms with Crippen molar-refractivity contribution in [3.05, 3.63) is 101 Å². The van der Waals surface area contributed by atoms with E-state index in [0.717, 1.165) is 10.9 Å². The van der Waals surface area contributed by atoms with E-state index < -0.39 is 27.9 Å². The number of rotatable bonds is 8. The van der Waals surface area contributed by atoms with E-state index in [1.165, 1.54) is 23.2 Å². The molecule has 0 aliphatic carbocycles. The third-order valence-corrected chi connectivity index (χ3v) is 9.21. The molecule has 0 bridgehead atoms. The lowest BCUT2D eigenvalue weighted by atomic mass is 9.99. The number of halogens is 1. The van der Waals surface area contributed by atoms with E-state index in [-0.39, 0.29) is 29.1 Å². The first kappa shape index (κ1) is 33.2. The molecule has 10 nitrogen and oxygen atoms in total. The Morgan fingerprint density at radius 1 is 1.04 bits per heavy atom. The molecule has 4 aromatic rings. The van der Waals surface area contributed by atoms with Crippen molar-refractivity contribution in [3.63, 3.8) is 0 Å². The van der Waals surface area contributed by atoms with Crippen LogP contribution >= 0.6 is 11.6 Å². The Labute approximate surface area is 274 Å². The minimum absolute atomic E-state index is 0.0859. The van der Waals surface area contributed by atoms with Crippen molar-refractivity contribution in [2.75, 3.05) is 26.7 Å². The molecule has 0 spiro atoms. The number of hydrogen-bond donors (Lipinski definition) is 1. The second-order valence-corrected chi connectivity index (χ2v) is 14.0. The number of carbonyl (C=O) groups excluding carboxylic acids is 2. The third-order valence-electron chi connectivity index (χ3n) is 7.66. The maximum atomic E-state index is 14.3. The van der Waals surface area contributed by atoms with E-state index in [0.29, 0.717) is 35.6 Å². The molecule has 1 aliphatic rings. The number of nitrogens with zero attached hydrogens (tertiary/aromatic N) is 3. The summed E-state index contributed by atoms with van der Waals surface area (Å²) in [6.45, 7) is 6.80. The Kier molecular flexibility index (Phi) is 9.85. The van der Waals surface area contributed by atoms with Gasteiger partial charge >= 0.3 is 16.2 Å². The van der Waals surface area contributed by atoms with Gasteiger partial charge in [-0.05, 0) is 61.5 Å². The minimum atomic E-state index is -4.24. The first-order chi connectivity index (χ1) is 21.8. The van der Waals surface area contributed by atoms with Crippen LogP contribution in [0.3, 0.4) is 0 Å². The molecule has 1 aliphatic heterocycles. The predicted octanol–water partition coefficient (Wildman–Crippen LogP) is 5.61. The van der Waals surface area contributed by atoms with Crippen LogP contribution < -0.4 is 9.50 Å². The topological polar surface area (TPSA) is 118 Å². The van der Waals surface area contributed by atoms with Crippen LogP contribution in [0.2, 0.25) is 5.02 Å². The number of benzene rings is 3. The molecule has 2 atom stereocenters. The molecule has 46 heavy (non-hydrogen) atoms. The van der Waals surface area contributed by atoms with Gasteiger partial charge in [-0.3, -0.25) is 9.69 Å². The smallest absolute Gasteiger partial charge is 0.410 e. The quantitative estimate of drug-likeness (QED) is 0.242. The molecule has 0 saturated carbocycles. The van der Waals surface area contributed by atoms with E-state index in [1.807, 2.05) is 24.3 Å². The van der Waals surface area contributed by atoms with E-state index in [4.69, 9.17) is 20.5 Å². The number of fused-ring (bicyclic) bond motifs is 1. The first-order valence-electron chi connectivity index (χ1n) is 14.9. The fraction of sp³-hybridized carbons (Fsp3) is 0.324. The molecule has 12 heteroatoms. The second-order valence-electron chi connectivity index (χ2n) is 12.1. The third kappa shape index (κ3) is 7.60. The van der Waals surface area contributed by atoms with Gasteiger partial charge in [0.25, 0.3) is 0 Å². The van der Waals surface area contributed by atoms with Crippen molar-refractivity contribution < 1.29 is 26.9 Å². The lowest BCUT2D eigenvalue weighted by molar-refractivity contribution is -0.140. The fourth-order valence-electron chi connectivity index (χ4n) is 5.40. The van der Waals surface area contributed by atoms with Crippen molar-refractivity contribution in [1.82, 2.24) is 20.1 Å². The van der Waals surface area contributed by atoms with Crippen LogP contribution in [-0.2, 0) is 26.1 Å². The zero-order chi connectivity index (χ0) is 33.1. The molecule has 1 N–H and O–H groups in total. The molecule has 0 radical (unpaired) electrons. The summed E-state index contributed by atoms with van der Waals surface area (Å²) in [5.74, 6) is -0.174. The van der Waals surface area contributed by atoms with E-state index >= 15 is 0 Å². The highest BCUT2D eigenvalue weighted by Gasteiger charge is 2.38. The largest absolute Gasteiger partial charge is 0.444 e. The van der Waals surface area contributed by atoms with Gasteiger partial charge in [0.05, 0.1) is 6.04 Å². The Hall–Kier alpha value is -4.19. The molecule has 1 fully saturated rings. The molecule has 3 aromatic carbocycles. The van der Waals surface area contributed by atoms with Crippen LogP contribution in [0.15, 0.2) is 90.1 Å². The van der Waals surface area contributed by atoms with Gasteiger partial charge in [-0.15, -0.1) is 0 Å². The summed E-state index contributed by atoms with van der Waals surface area (Å²) in [6.07, 6.45) is 0.935. The molecule has 1 aromatic heterocycles. The lowest BCUT2D eigenvalue weighted by Crippen LogP contribution is -2.56. The zero-order valence-electron chi connectivity index (χ0n) is 26.1. The number of likely N-dealkylation sites (N-methyl/N-ethyl adjacent to an activating group) is 1. The average molecular weight is 665 g/mol. The Morgan fingerprint density at radius 3 is 2.46 bits per heavy atom. The van der Waals surface area contributed by atoms with Crippen molar-refractivity contribution in [2.24, 2.45) is 0 Å². The predicted molar refractivity (Wildman–Crippen MR) is 176 cm³/mol. The number of aromatic nitrogens is 1. The molecular weight excluding hydrogens is 628 g/mol. The first-order valence-corrected chi connectivity index (χ1v) is 16.7. The summed E-state index contributed by atoms with van der Waals surface area (Å²) >= 11 is 6.54. The van der Waals surface area contributed by atoms with Gasteiger partial charge in [-0.25, -0.2) is 9.78 Å². The Morgan fingerprint density at radius 2 is 1.74 bits per heavy atom. The maximum absolute atomic E-state index is 14.3. The van der Waals surface area contributed by atoms with Gasteiger partial charge in [0.1, 0.15) is 17.4 Å². The van der Waals surface area contributed by atoms with Gasteiger partial charge in [0.15, 0.2) is 0 Å². The van der Waals surface area contributed by atoms with Gasteiger partial charge in [0.2, 0.25) is 10.9 Å². The van der Waals surface area contributed by atoms with Crippen molar-refractivity contribution in [2.45, 2.75) is 49.9 Å². The number of pyridine rings is 1. The van der Waals surface area contributed by atoms with Crippen LogP contribution in [0, 0.1) is 0 Å². The number of ether oxygens (including phenoxy) is 1. The average Bonchev–Trinajstić information content (AvgIpc) is 3.03. The number of piperazine rings is 1. The molecule has 2 amide bonds. The van der Waals surface area contributed by atoms with Gasteiger partial charge in [-0.2, -0.15) is 8.42 Å². The van der Waals surface area contributed by atoms with Gasteiger partial charge in [0, 0.05) is 49.7 Å². The van der Waals surface area contributed by atoms with Gasteiger partial charge in [-0.1, -0.05) is 66.2 Å². The Bertz CT molecular complexity index is 1820. The number of carbonyl (C=O) groups is 2. The molecule has 5 rings (SSSR count). The van der Waals surface area contributed by atoms with Crippen LogP contribution in [0.25, 0.3) is 10.8 Å². The fourth-order valence-corrected chi connectivity index (χ4v) is 6.75. The molecule has 1 unspecified atom stereocenters. The summed E-state index contributed by atoms with van der Waals surface area (Å²) in [5, 5.41) is 4.89. The summed E-state index contributed by atoms with van der Waals surface area (Å²) in [6, 6.07) is 21.3. The van der Waals surface area contributed by atoms with Gasteiger partial charge < -0.3 is 19.1 Å². The number of hydrogen-bond acceptors (Lipinski definition) is 8. The molecular formula is C34H37ClN4O6S. The van der Waals surface area contributed by atoms with Crippen LogP contribution in [0.4, 0.5) is 4.79 Å². The molecule has 2 heterocycles. The second kappa shape index (κ2) is 13.7. The highest BCUT2D eigenvalue weighted by molar-refractivity contribution is 7.87. The normalized spacial score (nSPS) is 16.1. The summed E-state index contributed by atoms with van der Waals surface area (Å²) in [7, 11) is -2.69. The van der Waals surface area contributed by atoms with Crippen molar-refractivity contribution >= 4 is 44.5 Å². The maximum Gasteiger partial charge on any atom is 0.410 e. The number of nitrogens with one attached hydrogen (secondary N) is 1. The monoisotopic (exact) mass is 664 g/mol. The summed E-state index contributed by atoms with van der Waals surface area (Å²) in [5.41, 5.74) is 0.732. The highest BCUT2D eigenvalue weighted by Crippen LogP contribution is 2.31. The van der Waals surface area contributed by atoms with Crippen LogP contribution in [0.5, 0.6) is 5.75 Å². The lowest BCUT2D eigenvalue weighted by Gasteiger charge is -2.40. The summed E-state index contributed by atoms with van der Waals surface area (Å²) < 4.78 is 37.4. The summed E-state index contributed by atoms with van der Waals surface area (Å²) in [4.78, 5) is 34.7. The number of amides is 2.